The highest BCUT2D eigenvalue weighted by molar-refractivity contribution is 6.29. The van der Waals surface area contributed by atoms with Gasteiger partial charge in [-0.15, -0.1) is 0 Å². The van der Waals surface area contributed by atoms with E-state index in [4.69, 9.17) is 16.0 Å². The van der Waals surface area contributed by atoms with Crippen molar-refractivity contribution >= 4 is 17.5 Å². The highest BCUT2D eigenvalue weighted by atomic mass is 35.5. The smallest absolute Gasteiger partial charge is 0.253 e. The van der Waals surface area contributed by atoms with Gasteiger partial charge in [-0.2, -0.15) is 0 Å². The molecule has 5 heteroatoms. The van der Waals surface area contributed by atoms with Crippen LogP contribution < -0.4 is 5.32 Å². The van der Waals surface area contributed by atoms with Crippen LogP contribution in [0.4, 0.5) is 0 Å². The third-order valence-corrected chi connectivity index (χ3v) is 3.57. The molecular formula is C14H13ClN2O2. The minimum atomic E-state index is -0.136. The number of aromatic nitrogens is 1. The molecule has 1 N–H and O–H groups in total. The van der Waals surface area contributed by atoms with Gasteiger partial charge in [-0.3, -0.25) is 4.79 Å². The number of aryl methyl sites for hydroxylation is 1. The summed E-state index contributed by atoms with van der Waals surface area (Å²) in [5, 5.41) is 3.40. The van der Waals surface area contributed by atoms with Crippen LogP contribution in [0.3, 0.4) is 0 Å². The number of pyridine rings is 1. The minimum absolute atomic E-state index is 0.0191. The molecule has 1 atom stereocenters. The number of rotatable bonds is 2. The summed E-state index contributed by atoms with van der Waals surface area (Å²) >= 11 is 5.71. The fraction of sp³-hybridized carbons (Fsp3) is 0.286. The van der Waals surface area contributed by atoms with Gasteiger partial charge >= 0.3 is 0 Å². The van der Waals surface area contributed by atoms with Crippen LogP contribution in [0.15, 0.2) is 35.1 Å². The number of fused-ring (bicyclic) bond motifs is 1. The maximum atomic E-state index is 12.1. The van der Waals surface area contributed by atoms with Gasteiger partial charge in [0.1, 0.15) is 10.9 Å². The predicted octanol–water partition coefficient (Wildman–Crippen LogP) is 3.14. The van der Waals surface area contributed by atoms with Gasteiger partial charge in [0.05, 0.1) is 17.9 Å². The number of nitrogens with zero attached hydrogens (tertiary/aromatic N) is 1. The van der Waals surface area contributed by atoms with Crippen molar-refractivity contribution in [1.82, 2.24) is 10.3 Å². The quantitative estimate of drug-likeness (QED) is 0.858. The molecule has 0 saturated carbocycles. The summed E-state index contributed by atoms with van der Waals surface area (Å²) in [5.41, 5.74) is 1.60. The summed E-state index contributed by atoms with van der Waals surface area (Å²) in [6.45, 7) is 0. The molecule has 2 heterocycles. The zero-order valence-corrected chi connectivity index (χ0v) is 11.0. The molecule has 2 aromatic rings. The third kappa shape index (κ3) is 2.49. The molecule has 1 amide bonds. The fourth-order valence-electron chi connectivity index (χ4n) is 2.39. The molecule has 0 aromatic carbocycles. The van der Waals surface area contributed by atoms with Gasteiger partial charge in [0.25, 0.3) is 5.91 Å². The van der Waals surface area contributed by atoms with Crippen LogP contribution >= 0.6 is 11.6 Å². The van der Waals surface area contributed by atoms with E-state index in [2.05, 4.69) is 10.3 Å². The Balaban J connectivity index is 1.76. The first kappa shape index (κ1) is 12.2. The summed E-state index contributed by atoms with van der Waals surface area (Å²) in [6, 6.07) is 5.23. The van der Waals surface area contributed by atoms with Crippen LogP contribution in [-0.4, -0.2) is 10.9 Å². The molecule has 0 fully saturated rings. The van der Waals surface area contributed by atoms with Crippen molar-refractivity contribution < 1.29 is 9.21 Å². The molecule has 0 spiro atoms. The van der Waals surface area contributed by atoms with E-state index in [-0.39, 0.29) is 11.9 Å². The Morgan fingerprint density at radius 1 is 1.42 bits per heavy atom. The topological polar surface area (TPSA) is 55.1 Å². The number of carbonyl (C=O) groups excluding carboxylic acids is 1. The Bertz CT molecular complexity index is 592. The van der Waals surface area contributed by atoms with Crippen molar-refractivity contribution in [3.8, 4) is 0 Å². The lowest BCUT2D eigenvalue weighted by atomic mass is 9.93. The van der Waals surface area contributed by atoms with Crippen molar-refractivity contribution in [2.75, 3.05) is 0 Å². The number of carbonyl (C=O) groups is 1. The van der Waals surface area contributed by atoms with E-state index in [0.29, 0.717) is 10.7 Å². The van der Waals surface area contributed by atoms with E-state index in [1.807, 2.05) is 6.07 Å². The average molecular weight is 277 g/mol. The van der Waals surface area contributed by atoms with Crippen LogP contribution in [0.5, 0.6) is 0 Å². The molecule has 19 heavy (non-hydrogen) atoms. The van der Waals surface area contributed by atoms with Crippen molar-refractivity contribution in [2.24, 2.45) is 0 Å². The molecule has 1 unspecified atom stereocenters. The molecule has 3 rings (SSSR count). The van der Waals surface area contributed by atoms with E-state index >= 15 is 0 Å². The van der Waals surface area contributed by atoms with Gasteiger partial charge in [0, 0.05) is 18.2 Å². The van der Waals surface area contributed by atoms with Crippen molar-refractivity contribution in [1.29, 1.82) is 0 Å². The predicted molar refractivity (Wildman–Crippen MR) is 71.1 cm³/mol. The van der Waals surface area contributed by atoms with Crippen molar-refractivity contribution in [2.45, 2.75) is 25.3 Å². The lowest BCUT2D eigenvalue weighted by Gasteiger charge is -2.22. The summed E-state index contributed by atoms with van der Waals surface area (Å²) in [4.78, 5) is 16.0. The molecule has 1 aliphatic rings. The van der Waals surface area contributed by atoms with Crippen molar-refractivity contribution in [3.05, 3.63) is 52.7 Å². The van der Waals surface area contributed by atoms with Gasteiger partial charge < -0.3 is 9.73 Å². The Morgan fingerprint density at radius 3 is 3.11 bits per heavy atom. The molecular weight excluding hydrogens is 264 g/mol. The maximum absolute atomic E-state index is 12.1. The molecule has 0 bridgehead atoms. The normalized spacial score (nSPS) is 17.8. The summed E-state index contributed by atoms with van der Waals surface area (Å²) in [6.07, 6.45) is 6.05. The number of amides is 1. The monoisotopic (exact) mass is 276 g/mol. The van der Waals surface area contributed by atoms with E-state index in [1.165, 1.54) is 6.20 Å². The van der Waals surface area contributed by atoms with Crippen LogP contribution in [-0.2, 0) is 6.42 Å². The standard InChI is InChI=1S/C14H13ClN2O2/c15-13-5-4-9(8-16-13)14(18)17-11-2-1-3-12-10(11)6-7-19-12/h4-8,11H,1-3H2,(H,17,18). The molecule has 4 nitrogen and oxygen atoms in total. The first-order valence-electron chi connectivity index (χ1n) is 6.23. The van der Waals surface area contributed by atoms with Crippen molar-refractivity contribution in [3.63, 3.8) is 0 Å². The largest absolute Gasteiger partial charge is 0.469 e. The second-order valence-electron chi connectivity index (χ2n) is 4.59. The zero-order chi connectivity index (χ0) is 13.2. The summed E-state index contributed by atoms with van der Waals surface area (Å²) in [5.74, 6) is 0.842. The molecule has 98 valence electrons. The third-order valence-electron chi connectivity index (χ3n) is 3.35. The second-order valence-corrected chi connectivity index (χ2v) is 4.97. The molecule has 0 aliphatic heterocycles. The lowest BCUT2D eigenvalue weighted by molar-refractivity contribution is 0.0932. The molecule has 1 aliphatic carbocycles. The Labute approximate surface area is 115 Å². The van der Waals surface area contributed by atoms with Crippen LogP contribution in [0, 0.1) is 0 Å². The van der Waals surface area contributed by atoms with E-state index in [1.54, 1.807) is 18.4 Å². The number of halogens is 1. The first-order valence-corrected chi connectivity index (χ1v) is 6.60. The van der Waals surface area contributed by atoms with Crippen LogP contribution in [0.1, 0.15) is 40.6 Å². The van der Waals surface area contributed by atoms with E-state index in [9.17, 15) is 4.79 Å². The zero-order valence-electron chi connectivity index (χ0n) is 10.2. The highest BCUT2D eigenvalue weighted by Crippen LogP contribution is 2.30. The fourth-order valence-corrected chi connectivity index (χ4v) is 2.50. The number of nitrogens with one attached hydrogen (secondary N) is 1. The van der Waals surface area contributed by atoms with Gasteiger partial charge in [0.2, 0.25) is 0 Å². The van der Waals surface area contributed by atoms with E-state index < -0.39 is 0 Å². The SMILES string of the molecule is O=C(NC1CCCc2occc21)c1ccc(Cl)nc1. The Kier molecular flexibility index (Phi) is 3.25. The lowest BCUT2D eigenvalue weighted by Crippen LogP contribution is -2.30. The number of hydrogen-bond donors (Lipinski definition) is 1. The number of furan rings is 1. The van der Waals surface area contributed by atoms with Gasteiger partial charge in [-0.25, -0.2) is 4.98 Å². The Hall–Kier alpha value is -1.81. The number of hydrogen-bond acceptors (Lipinski definition) is 3. The second kappa shape index (κ2) is 5.05. The molecule has 2 aromatic heterocycles. The van der Waals surface area contributed by atoms with Gasteiger partial charge in [0.15, 0.2) is 0 Å². The first-order chi connectivity index (χ1) is 9.24. The average Bonchev–Trinajstić information content (AvgIpc) is 2.89. The minimum Gasteiger partial charge on any atom is -0.469 e. The maximum Gasteiger partial charge on any atom is 0.253 e. The molecule has 0 saturated heterocycles. The van der Waals surface area contributed by atoms with Gasteiger partial charge in [-0.1, -0.05) is 11.6 Å². The van der Waals surface area contributed by atoms with E-state index in [0.717, 1.165) is 30.6 Å². The van der Waals surface area contributed by atoms with Crippen LogP contribution in [0.2, 0.25) is 5.15 Å². The van der Waals surface area contributed by atoms with Gasteiger partial charge in [-0.05, 0) is 31.0 Å². The van der Waals surface area contributed by atoms with Crippen LogP contribution in [0.25, 0.3) is 0 Å². The summed E-state index contributed by atoms with van der Waals surface area (Å²) in [7, 11) is 0. The Morgan fingerprint density at radius 2 is 2.32 bits per heavy atom. The molecule has 0 radical (unpaired) electrons. The summed E-state index contributed by atoms with van der Waals surface area (Å²) < 4.78 is 5.41. The highest BCUT2D eigenvalue weighted by Gasteiger charge is 2.24.